The summed E-state index contributed by atoms with van der Waals surface area (Å²) < 4.78 is 104. The molecule has 74 heavy (non-hydrogen) atoms. The van der Waals surface area contributed by atoms with Crippen LogP contribution in [0.25, 0.3) is 11.1 Å². The number of anilines is 2. The SMILES string of the molecule is CN1C(=O)c2ccc(C(c3ccc4c(c3)C(=O)N(c3ccc(Oc5ccc(C6(c7ccc(Oc8ccc(N(C)C)cc8)cc7)c7ccccc7-c7ccccc76)cc5)cc3)C4=O)(C(F)(F)F)C(F)(F)F)cc2C1=O. The third kappa shape index (κ3) is 7.08. The Labute approximate surface area is 419 Å². The van der Waals surface area contributed by atoms with Crippen LogP contribution >= 0.6 is 0 Å². The van der Waals surface area contributed by atoms with Crippen LogP contribution in [0.5, 0.6) is 23.0 Å². The first-order valence-electron chi connectivity index (χ1n) is 23.1. The lowest BCUT2D eigenvalue weighted by atomic mass is 9.68. The van der Waals surface area contributed by atoms with Crippen molar-refractivity contribution in [3.05, 3.63) is 238 Å². The van der Waals surface area contributed by atoms with Gasteiger partial charge in [-0.15, -0.1) is 0 Å². The van der Waals surface area contributed by atoms with Gasteiger partial charge >= 0.3 is 12.4 Å². The van der Waals surface area contributed by atoms with Crippen LogP contribution in [0.3, 0.4) is 0 Å². The van der Waals surface area contributed by atoms with Crippen molar-refractivity contribution in [2.24, 2.45) is 0 Å². The number of alkyl halides is 6. The molecule has 0 bridgehead atoms. The largest absolute Gasteiger partial charge is 0.457 e. The molecule has 0 saturated carbocycles. The molecular formula is C59H39F6N3O6. The summed E-state index contributed by atoms with van der Waals surface area (Å²) in [5.41, 5.74) is -3.11. The molecule has 2 aliphatic heterocycles. The number of ether oxygens (including phenoxy) is 2. The van der Waals surface area contributed by atoms with E-state index in [1.165, 1.54) is 24.3 Å². The zero-order chi connectivity index (χ0) is 52.1. The average Bonchev–Trinajstić information content (AvgIpc) is 3.91. The van der Waals surface area contributed by atoms with Gasteiger partial charge in [-0.2, -0.15) is 26.3 Å². The van der Waals surface area contributed by atoms with Crippen molar-refractivity contribution in [1.82, 2.24) is 4.90 Å². The summed E-state index contributed by atoms with van der Waals surface area (Å²) >= 11 is 0. The van der Waals surface area contributed by atoms with Gasteiger partial charge in [0.1, 0.15) is 23.0 Å². The molecule has 3 aliphatic rings. The highest BCUT2D eigenvalue weighted by molar-refractivity contribution is 6.34. The number of nitrogens with zero attached hydrogens (tertiary/aromatic N) is 3. The second kappa shape index (κ2) is 17.1. The predicted molar refractivity (Wildman–Crippen MR) is 264 cm³/mol. The summed E-state index contributed by atoms with van der Waals surface area (Å²) in [4.78, 5) is 56.1. The Balaban J connectivity index is 0.874. The average molecular weight is 1000 g/mol. The van der Waals surface area contributed by atoms with Crippen LogP contribution in [-0.2, 0) is 10.8 Å². The molecule has 9 nitrogen and oxygen atoms in total. The van der Waals surface area contributed by atoms with E-state index in [9.17, 15) is 19.2 Å². The van der Waals surface area contributed by atoms with E-state index in [0.29, 0.717) is 57.1 Å². The Hall–Kier alpha value is -8.98. The van der Waals surface area contributed by atoms with Crippen molar-refractivity contribution < 1.29 is 55.0 Å². The highest BCUT2D eigenvalue weighted by Gasteiger charge is 2.73. The van der Waals surface area contributed by atoms with E-state index in [1.807, 2.05) is 104 Å². The monoisotopic (exact) mass is 999 g/mol. The number of imide groups is 2. The van der Waals surface area contributed by atoms with Gasteiger partial charge in [-0.1, -0.05) is 84.9 Å². The molecule has 0 saturated heterocycles. The van der Waals surface area contributed by atoms with Gasteiger partial charge in [0.05, 0.1) is 33.4 Å². The van der Waals surface area contributed by atoms with Gasteiger partial charge in [0, 0.05) is 26.8 Å². The lowest BCUT2D eigenvalue weighted by Crippen LogP contribution is -2.55. The number of hydrogen-bond acceptors (Lipinski definition) is 7. The van der Waals surface area contributed by atoms with Crippen molar-refractivity contribution >= 4 is 35.0 Å². The van der Waals surface area contributed by atoms with Crippen molar-refractivity contribution in [2.75, 3.05) is 30.9 Å². The quantitative estimate of drug-likeness (QED) is 0.0994. The van der Waals surface area contributed by atoms with E-state index in [2.05, 4.69) is 36.4 Å². The maximum atomic E-state index is 15.2. The lowest BCUT2D eigenvalue weighted by molar-refractivity contribution is -0.288. The van der Waals surface area contributed by atoms with Crippen LogP contribution in [0.4, 0.5) is 37.7 Å². The summed E-state index contributed by atoms with van der Waals surface area (Å²) in [5.74, 6) is -2.01. The number of hydrogen-bond donors (Lipinski definition) is 0. The minimum absolute atomic E-state index is 0.0246. The van der Waals surface area contributed by atoms with Gasteiger partial charge in [0.25, 0.3) is 23.6 Å². The number of benzene rings is 8. The molecule has 0 fully saturated rings. The third-order valence-electron chi connectivity index (χ3n) is 14.1. The Kier molecular flexibility index (Phi) is 10.9. The third-order valence-corrected chi connectivity index (χ3v) is 14.1. The second-order valence-corrected chi connectivity index (χ2v) is 18.4. The van der Waals surface area contributed by atoms with Crippen molar-refractivity contribution in [1.29, 1.82) is 0 Å². The summed E-state index contributed by atoms with van der Waals surface area (Å²) in [6.07, 6.45) is -12.2. The zero-order valence-electron chi connectivity index (χ0n) is 39.4. The molecule has 8 aromatic carbocycles. The first kappa shape index (κ1) is 47.4. The number of fused-ring (bicyclic) bond motifs is 5. The number of rotatable bonds is 10. The van der Waals surface area contributed by atoms with Crippen LogP contribution in [0.15, 0.2) is 182 Å². The van der Waals surface area contributed by atoms with Crippen LogP contribution in [0.2, 0.25) is 0 Å². The van der Waals surface area contributed by atoms with Gasteiger partial charge in [0.15, 0.2) is 0 Å². The normalized spacial score (nSPS) is 14.7. The second-order valence-electron chi connectivity index (χ2n) is 18.4. The number of carbonyl (C=O) groups excluding carboxylic acids is 4. The molecule has 4 amide bonds. The minimum Gasteiger partial charge on any atom is -0.457 e. The van der Waals surface area contributed by atoms with Crippen LogP contribution in [-0.4, -0.2) is 62.0 Å². The fraction of sp³-hybridized carbons (Fsp3) is 0.119. The fourth-order valence-corrected chi connectivity index (χ4v) is 10.6. The molecule has 0 radical (unpaired) electrons. The zero-order valence-corrected chi connectivity index (χ0v) is 39.4. The standard InChI is InChI=1S/C59H39F6N3O6/c1-66(2)38-18-26-42(27-19-38)73-40-22-12-34(13-23-40)56(50-10-6-4-8-44(50)45-9-5-7-11-51(45)56)35-14-24-41(25-15-35)74-43-28-20-39(21-29-43)68-54(71)47-31-17-37(33-49(47)55(68)72)57(58(60,61)62,59(63,64)65)36-16-30-46-48(32-36)53(70)67(3)52(46)69/h4-33H,1-3H3. The maximum absolute atomic E-state index is 15.2. The summed E-state index contributed by atoms with van der Waals surface area (Å²) in [7, 11) is 5.00. The number of amides is 4. The Bertz CT molecular complexity index is 3550. The predicted octanol–water partition coefficient (Wildman–Crippen LogP) is 13.1. The first-order chi connectivity index (χ1) is 35.3. The molecule has 2 heterocycles. The van der Waals surface area contributed by atoms with Crippen molar-refractivity contribution in [3.63, 3.8) is 0 Å². The van der Waals surface area contributed by atoms with Crippen molar-refractivity contribution in [3.8, 4) is 34.1 Å². The molecule has 1 aliphatic carbocycles. The molecule has 0 atom stereocenters. The molecule has 8 aromatic rings. The summed E-state index contributed by atoms with van der Waals surface area (Å²) in [6.45, 7) is 0. The minimum atomic E-state index is -6.09. The van der Waals surface area contributed by atoms with Crippen molar-refractivity contribution in [2.45, 2.75) is 23.2 Å². The Morgan fingerprint density at radius 3 is 1.26 bits per heavy atom. The number of carbonyl (C=O) groups is 4. The van der Waals surface area contributed by atoms with Crippen LogP contribution in [0, 0.1) is 0 Å². The van der Waals surface area contributed by atoms with Crippen LogP contribution in [0.1, 0.15) is 74.8 Å². The van der Waals surface area contributed by atoms with Gasteiger partial charge in [0.2, 0.25) is 5.41 Å². The molecule has 0 unspecified atom stereocenters. The fourth-order valence-electron chi connectivity index (χ4n) is 10.6. The topological polar surface area (TPSA) is 96.5 Å². The maximum Gasteiger partial charge on any atom is 0.411 e. The smallest absolute Gasteiger partial charge is 0.411 e. The highest BCUT2D eigenvalue weighted by atomic mass is 19.4. The molecule has 15 heteroatoms. The molecule has 368 valence electrons. The van der Waals surface area contributed by atoms with E-state index in [1.54, 1.807) is 0 Å². The molecule has 0 aromatic heterocycles. The van der Waals surface area contributed by atoms with Gasteiger partial charge < -0.3 is 14.4 Å². The van der Waals surface area contributed by atoms with E-state index < -0.39 is 74.6 Å². The number of halogens is 6. The molecule has 0 N–H and O–H groups in total. The Morgan fingerprint density at radius 1 is 0.432 bits per heavy atom. The van der Waals surface area contributed by atoms with Gasteiger partial charge in [-0.3, -0.25) is 24.1 Å². The lowest BCUT2D eigenvalue weighted by Gasteiger charge is -2.38. The Morgan fingerprint density at radius 2 is 0.811 bits per heavy atom. The molecule has 0 spiro atoms. The van der Waals surface area contributed by atoms with E-state index >= 15 is 26.3 Å². The van der Waals surface area contributed by atoms with Gasteiger partial charge in [-0.25, -0.2) is 4.90 Å². The van der Waals surface area contributed by atoms with E-state index in [4.69, 9.17) is 9.47 Å². The molecule has 11 rings (SSSR count). The molecular weight excluding hydrogens is 961 g/mol. The first-order valence-corrected chi connectivity index (χ1v) is 23.1. The van der Waals surface area contributed by atoms with E-state index in [0.717, 1.165) is 58.2 Å². The summed E-state index contributed by atoms with van der Waals surface area (Å²) in [5, 5.41) is 0. The summed E-state index contributed by atoms with van der Waals surface area (Å²) in [6, 6.07) is 49.0. The van der Waals surface area contributed by atoms with E-state index in [-0.39, 0.29) is 11.3 Å². The highest BCUT2D eigenvalue weighted by Crippen LogP contribution is 2.58. The van der Waals surface area contributed by atoms with Gasteiger partial charge in [-0.05, 0) is 142 Å². The van der Waals surface area contributed by atoms with Crippen LogP contribution < -0.4 is 19.3 Å².